The van der Waals surface area contributed by atoms with E-state index in [0.717, 1.165) is 18.6 Å². The minimum Gasteiger partial charge on any atom is -0.409 e. The molecule has 6 heteroatoms. The summed E-state index contributed by atoms with van der Waals surface area (Å²) < 4.78 is 5.60. The molecule has 1 aromatic rings. The van der Waals surface area contributed by atoms with Crippen LogP contribution in [0.2, 0.25) is 5.02 Å². The van der Waals surface area contributed by atoms with Crippen LogP contribution in [0.25, 0.3) is 0 Å². The quantitative estimate of drug-likeness (QED) is 0.344. The molecule has 2 atom stereocenters. The molecule has 2 unspecified atom stereocenters. The van der Waals surface area contributed by atoms with Crippen LogP contribution >= 0.6 is 11.6 Å². The van der Waals surface area contributed by atoms with Crippen LogP contribution in [0.5, 0.6) is 0 Å². The molecule has 4 N–H and O–H groups in total. The van der Waals surface area contributed by atoms with Crippen molar-refractivity contribution in [2.45, 2.75) is 38.5 Å². The van der Waals surface area contributed by atoms with E-state index < -0.39 is 0 Å². The molecular formula is C14H20ClN3O2. The van der Waals surface area contributed by atoms with Crippen LogP contribution in [0.15, 0.2) is 23.4 Å². The van der Waals surface area contributed by atoms with Crippen LogP contribution < -0.4 is 11.1 Å². The first-order valence-corrected chi connectivity index (χ1v) is 6.97. The van der Waals surface area contributed by atoms with Crippen molar-refractivity contribution in [3.8, 4) is 0 Å². The molecule has 5 nitrogen and oxygen atoms in total. The average Bonchev–Trinajstić information content (AvgIpc) is 2.76. The molecule has 0 saturated carbocycles. The molecule has 2 rings (SSSR count). The van der Waals surface area contributed by atoms with Gasteiger partial charge in [0.05, 0.1) is 6.10 Å². The fraction of sp³-hybridized carbons (Fsp3) is 0.500. The molecule has 1 heterocycles. The first-order chi connectivity index (χ1) is 9.46. The van der Waals surface area contributed by atoms with Crippen molar-refractivity contribution in [1.82, 2.24) is 5.32 Å². The summed E-state index contributed by atoms with van der Waals surface area (Å²) in [5.74, 6) is 0.0520. The van der Waals surface area contributed by atoms with Gasteiger partial charge in [-0.15, -0.1) is 0 Å². The Labute approximate surface area is 123 Å². The van der Waals surface area contributed by atoms with Crippen molar-refractivity contribution in [1.29, 1.82) is 0 Å². The molecule has 0 bridgehead atoms. The number of hydrogen-bond donors (Lipinski definition) is 3. The lowest BCUT2D eigenvalue weighted by atomic mass is 9.94. The molecule has 1 aliphatic heterocycles. The molecule has 1 saturated heterocycles. The summed E-state index contributed by atoms with van der Waals surface area (Å²) in [5.41, 5.74) is 7.08. The Bertz CT molecular complexity index is 521. The number of oxime groups is 1. The van der Waals surface area contributed by atoms with E-state index in [0.29, 0.717) is 17.1 Å². The smallest absolute Gasteiger partial charge is 0.170 e. The highest BCUT2D eigenvalue weighted by molar-refractivity contribution is 6.31. The molecule has 0 aromatic heterocycles. The lowest BCUT2D eigenvalue weighted by Crippen LogP contribution is -2.47. The van der Waals surface area contributed by atoms with Gasteiger partial charge in [-0.2, -0.15) is 0 Å². The Kier molecular flexibility index (Phi) is 4.52. The zero-order valence-corrected chi connectivity index (χ0v) is 12.4. The van der Waals surface area contributed by atoms with Gasteiger partial charge in [-0.3, -0.25) is 0 Å². The minimum absolute atomic E-state index is 0.0341. The summed E-state index contributed by atoms with van der Waals surface area (Å²) in [6.45, 7) is 5.66. The summed E-state index contributed by atoms with van der Waals surface area (Å²) in [5, 5.41) is 15.7. The Hall–Kier alpha value is -1.30. The van der Waals surface area contributed by atoms with Gasteiger partial charge in [-0.1, -0.05) is 28.9 Å². The second-order valence-corrected chi connectivity index (χ2v) is 5.73. The van der Waals surface area contributed by atoms with Gasteiger partial charge in [0.25, 0.3) is 0 Å². The highest BCUT2D eigenvalue weighted by Gasteiger charge is 2.36. The highest BCUT2D eigenvalue weighted by atomic mass is 35.5. The molecule has 0 aliphatic carbocycles. The number of rotatable bonds is 4. The third kappa shape index (κ3) is 3.06. The van der Waals surface area contributed by atoms with E-state index in [-0.39, 0.29) is 17.5 Å². The Morgan fingerprint density at radius 1 is 1.65 bits per heavy atom. The molecule has 1 aliphatic rings. The fourth-order valence-electron chi connectivity index (χ4n) is 2.27. The zero-order valence-electron chi connectivity index (χ0n) is 11.7. The predicted molar refractivity (Wildman–Crippen MR) is 79.2 cm³/mol. The van der Waals surface area contributed by atoms with Gasteiger partial charge in [0.2, 0.25) is 0 Å². The fourth-order valence-corrected chi connectivity index (χ4v) is 2.52. The van der Waals surface area contributed by atoms with E-state index in [1.54, 1.807) is 12.1 Å². The van der Waals surface area contributed by atoms with Crippen molar-refractivity contribution in [2.24, 2.45) is 10.9 Å². The van der Waals surface area contributed by atoms with Gasteiger partial charge in [0, 0.05) is 29.3 Å². The normalized spacial score (nSPS) is 26.9. The predicted octanol–water partition coefficient (Wildman–Crippen LogP) is 2.09. The second kappa shape index (κ2) is 5.99. The van der Waals surface area contributed by atoms with Gasteiger partial charge in [-0.05, 0) is 31.9 Å². The maximum absolute atomic E-state index is 8.65. The standard InChI is InChI=1S/C14H20ClN3O2/c1-9-14(2,5-6-20-9)17-8-11-4-3-10(7-12(11)15)13(16)18-19/h3-4,7,9,17,19H,5-6,8H2,1-2H3,(H2,16,18). The first-order valence-electron chi connectivity index (χ1n) is 6.59. The van der Waals surface area contributed by atoms with E-state index in [1.807, 2.05) is 6.07 Å². The minimum atomic E-state index is -0.0341. The van der Waals surface area contributed by atoms with Crippen LogP contribution in [0.4, 0.5) is 0 Å². The molecule has 0 spiro atoms. The largest absolute Gasteiger partial charge is 0.409 e. The third-order valence-corrected chi connectivity index (χ3v) is 4.38. The first kappa shape index (κ1) is 15.1. The molecule has 0 amide bonds. The number of hydrogen-bond acceptors (Lipinski definition) is 4. The van der Waals surface area contributed by atoms with Crippen LogP contribution in [-0.4, -0.2) is 29.3 Å². The van der Waals surface area contributed by atoms with Crippen LogP contribution in [-0.2, 0) is 11.3 Å². The lowest BCUT2D eigenvalue weighted by molar-refractivity contribution is 0.0881. The van der Waals surface area contributed by atoms with Gasteiger partial charge in [0.1, 0.15) is 0 Å². The maximum atomic E-state index is 8.65. The van der Waals surface area contributed by atoms with Gasteiger partial charge in [-0.25, -0.2) is 0 Å². The topological polar surface area (TPSA) is 79.9 Å². The molecule has 1 fully saturated rings. The average molecular weight is 298 g/mol. The summed E-state index contributed by atoms with van der Waals surface area (Å²) in [7, 11) is 0. The van der Waals surface area contributed by atoms with Gasteiger partial charge < -0.3 is 21.0 Å². The van der Waals surface area contributed by atoms with Gasteiger partial charge in [0.15, 0.2) is 5.84 Å². The Morgan fingerprint density at radius 3 is 2.95 bits per heavy atom. The van der Waals surface area contributed by atoms with Crippen LogP contribution in [0, 0.1) is 0 Å². The van der Waals surface area contributed by atoms with E-state index in [9.17, 15) is 0 Å². The van der Waals surface area contributed by atoms with E-state index in [4.69, 9.17) is 27.3 Å². The summed E-state index contributed by atoms with van der Waals surface area (Å²) in [4.78, 5) is 0. The van der Waals surface area contributed by atoms with Crippen LogP contribution in [0.3, 0.4) is 0 Å². The van der Waals surface area contributed by atoms with E-state index in [2.05, 4.69) is 24.3 Å². The third-order valence-electron chi connectivity index (χ3n) is 4.03. The van der Waals surface area contributed by atoms with Crippen molar-refractivity contribution in [2.75, 3.05) is 6.61 Å². The van der Waals surface area contributed by atoms with Crippen molar-refractivity contribution < 1.29 is 9.94 Å². The zero-order chi connectivity index (χ0) is 14.8. The molecule has 20 heavy (non-hydrogen) atoms. The number of amidine groups is 1. The molecule has 0 radical (unpaired) electrons. The maximum Gasteiger partial charge on any atom is 0.170 e. The summed E-state index contributed by atoms with van der Waals surface area (Å²) in [6, 6.07) is 5.37. The number of benzene rings is 1. The Balaban J connectivity index is 2.07. The lowest BCUT2D eigenvalue weighted by Gasteiger charge is -2.29. The number of nitrogens with two attached hydrogens (primary N) is 1. The summed E-state index contributed by atoms with van der Waals surface area (Å²) in [6.07, 6.45) is 1.16. The van der Waals surface area contributed by atoms with Crippen LogP contribution in [0.1, 0.15) is 31.4 Å². The van der Waals surface area contributed by atoms with Crippen molar-refractivity contribution in [3.63, 3.8) is 0 Å². The number of nitrogens with one attached hydrogen (secondary N) is 1. The summed E-state index contributed by atoms with van der Waals surface area (Å²) >= 11 is 6.23. The van der Waals surface area contributed by atoms with Crippen molar-refractivity contribution in [3.05, 3.63) is 34.3 Å². The SMILES string of the molecule is CC1OCCC1(C)NCc1ccc(/C(N)=N/O)cc1Cl. The Morgan fingerprint density at radius 2 is 2.40 bits per heavy atom. The molecule has 110 valence electrons. The van der Waals surface area contributed by atoms with Gasteiger partial charge >= 0.3 is 0 Å². The second-order valence-electron chi connectivity index (χ2n) is 5.33. The van der Waals surface area contributed by atoms with E-state index >= 15 is 0 Å². The molecule has 1 aromatic carbocycles. The molecular weight excluding hydrogens is 278 g/mol. The monoisotopic (exact) mass is 297 g/mol. The van der Waals surface area contributed by atoms with E-state index in [1.165, 1.54) is 0 Å². The highest BCUT2D eigenvalue weighted by Crippen LogP contribution is 2.26. The number of nitrogens with zero attached hydrogens (tertiary/aromatic N) is 1. The number of halogens is 1. The number of ether oxygens (including phenoxy) is 1. The van der Waals surface area contributed by atoms with Crippen molar-refractivity contribution >= 4 is 17.4 Å².